The average Bonchev–Trinajstić information content (AvgIpc) is 2.27. The van der Waals surface area contributed by atoms with Crippen molar-refractivity contribution in [1.82, 2.24) is 9.97 Å². The van der Waals surface area contributed by atoms with Crippen molar-refractivity contribution in [1.29, 1.82) is 0 Å². The van der Waals surface area contributed by atoms with Gasteiger partial charge in [-0.3, -0.25) is 9.78 Å². The second-order valence-corrected chi connectivity index (χ2v) is 4.56. The van der Waals surface area contributed by atoms with E-state index in [0.29, 0.717) is 5.92 Å². The second-order valence-electron chi connectivity index (χ2n) is 4.56. The van der Waals surface area contributed by atoms with Crippen LogP contribution in [0.5, 0.6) is 0 Å². The lowest BCUT2D eigenvalue weighted by atomic mass is 9.79. The highest BCUT2D eigenvalue weighted by Gasteiger charge is 2.19. The molecule has 1 N–H and O–H groups in total. The third kappa shape index (κ3) is 2.00. The Morgan fingerprint density at radius 1 is 1.24 bits per heavy atom. The quantitative estimate of drug-likeness (QED) is 0.855. The fourth-order valence-electron chi connectivity index (χ4n) is 2.23. The third-order valence-electron chi connectivity index (χ3n) is 3.43. The molecule has 0 aliphatic heterocycles. The van der Waals surface area contributed by atoms with Crippen LogP contribution < -0.4 is 5.56 Å². The largest absolute Gasteiger partial charge is 0.319 e. The summed E-state index contributed by atoms with van der Waals surface area (Å²) in [6.45, 7) is 0. The van der Waals surface area contributed by atoms with Gasteiger partial charge in [-0.2, -0.15) is 0 Å². The van der Waals surface area contributed by atoms with Gasteiger partial charge in [-0.25, -0.2) is 0 Å². The van der Waals surface area contributed by atoms with Crippen LogP contribution in [0.15, 0.2) is 41.5 Å². The SMILES string of the molecule is O=c1cncc(-c2cccc(C3CCC3)c2)[nH]1. The molecule has 3 nitrogen and oxygen atoms in total. The number of hydrogen-bond acceptors (Lipinski definition) is 2. The van der Waals surface area contributed by atoms with Gasteiger partial charge >= 0.3 is 0 Å². The third-order valence-corrected chi connectivity index (χ3v) is 3.43. The van der Waals surface area contributed by atoms with E-state index < -0.39 is 0 Å². The summed E-state index contributed by atoms with van der Waals surface area (Å²) in [6.07, 6.45) is 6.89. The molecule has 3 rings (SSSR count). The van der Waals surface area contributed by atoms with Crippen LogP contribution in [0, 0.1) is 0 Å². The van der Waals surface area contributed by atoms with E-state index in [-0.39, 0.29) is 5.56 Å². The van der Waals surface area contributed by atoms with Crippen molar-refractivity contribution in [2.24, 2.45) is 0 Å². The minimum atomic E-state index is -0.156. The highest BCUT2D eigenvalue weighted by atomic mass is 16.1. The molecule has 0 radical (unpaired) electrons. The number of hydrogen-bond donors (Lipinski definition) is 1. The topological polar surface area (TPSA) is 45.8 Å². The number of rotatable bonds is 2. The van der Waals surface area contributed by atoms with Crippen molar-refractivity contribution in [2.45, 2.75) is 25.2 Å². The van der Waals surface area contributed by atoms with Gasteiger partial charge in [0.2, 0.25) is 0 Å². The molecule has 0 atom stereocenters. The van der Waals surface area contributed by atoms with Crippen LogP contribution in [-0.4, -0.2) is 9.97 Å². The van der Waals surface area contributed by atoms with Crippen molar-refractivity contribution in [3.8, 4) is 11.3 Å². The molecular formula is C14H14N2O. The molecular weight excluding hydrogens is 212 g/mol. The first-order valence-electron chi connectivity index (χ1n) is 5.97. The molecule has 0 saturated heterocycles. The van der Waals surface area contributed by atoms with Crippen molar-refractivity contribution in [2.75, 3.05) is 0 Å². The molecule has 0 spiro atoms. The van der Waals surface area contributed by atoms with Crippen molar-refractivity contribution < 1.29 is 0 Å². The van der Waals surface area contributed by atoms with Gasteiger partial charge in [-0.1, -0.05) is 24.6 Å². The first-order valence-corrected chi connectivity index (χ1v) is 5.97. The van der Waals surface area contributed by atoms with E-state index in [1.54, 1.807) is 6.20 Å². The predicted molar refractivity (Wildman–Crippen MR) is 66.9 cm³/mol. The summed E-state index contributed by atoms with van der Waals surface area (Å²) in [5.74, 6) is 0.707. The minimum absolute atomic E-state index is 0.156. The standard InChI is InChI=1S/C14H14N2O/c17-14-9-15-8-13(16-14)12-6-2-5-11(7-12)10-3-1-4-10/h2,5-10H,1,3-4H2,(H,16,17). The molecule has 17 heavy (non-hydrogen) atoms. The number of benzene rings is 1. The van der Waals surface area contributed by atoms with Gasteiger partial charge in [-0.15, -0.1) is 0 Å². The zero-order valence-electron chi connectivity index (χ0n) is 9.52. The molecule has 0 bridgehead atoms. The maximum atomic E-state index is 11.2. The first kappa shape index (κ1) is 10.3. The lowest BCUT2D eigenvalue weighted by Gasteiger charge is -2.26. The number of nitrogens with zero attached hydrogens (tertiary/aromatic N) is 1. The highest BCUT2D eigenvalue weighted by Crippen LogP contribution is 2.37. The van der Waals surface area contributed by atoms with Gasteiger partial charge < -0.3 is 4.98 Å². The number of nitrogens with one attached hydrogen (secondary N) is 1. The summed E-state index contributed by atoms with van der Waals surface area (Å²) >= 11 is 0. The summed E-state index contributed by atoms with van der Waals surface area (Å²) in [5, 5.41) is 0. The Morgan fingerprint density at radius 2 is 2.12 bits per heavy atom. The predicted octanol–water partition coefficient (Wildman–Crippen LogP) is 2.70. The molecule has 1 aromatic carbocycles. The van der Waals surface area contributed by atoms with Gasteiger partial charge in [0.1, 0.15) is 0 Å². The summed E-state index contributed by atoms with van der Waals surface area (Å²) in [5.41, 5.74) is 3.05. The summed E-state index contributed by atoms with van der Waals surface area (Å²) in [7, 11) is 0. The molecule has 0 unspecified atom stereocenters. The Kier molecular flexibility index (Phi) is 2.52. The van der Waals surface area contributed by atoms with Gasteiger partial charge in [0.25, 0.3) is 5.56 Å². The normalized spacial score (nSPS) is 15.5. The summed E-state index contributed by atoms with van der Waals surface area (Å²) < 4.78 is 0. The smallest absolute Gasteiger partial charge is 0.266 e. The van der Waals surface area contributed by atoms with E-state index in [1.807, 2.05) is 12.1 Å². The lowest BCUT2D eigenvalue weighted by Crippen LogP contribution is -2.09. The van der Waals surface area contributed by atoms with Gasteiger partial charge in [-0.05, 0) is 36.0 Å². The van der Waals surface area contributed by atoms with Crippen molar-refractivity contribution in [3.63, 3.8) is 0 Å². The molecule has 0 amide bonds. The van der Waals surface area contributed by atoms with Crippen LogP contribution in [0.3, 0.4) is 0 Å². The highest BCUT2D eigenvalue weighted by molar-refractivity contribution is 5.59. The molecule has 1 heterocycles. The van der Waals surface area contributed by atoms with E-state index in [0.717, 1.165) is 11.3 Å². The van der Waals surface area contributed by atoms with Crippen molar-refractivity contribution in [3.05, 3.63) is 52.6 Å². The molecule has 1 aliphatic rings. The maximum absolute atomic E-state index is 11.2. The molecule has 1 fully saturated rings. The Morgan fingerprint density at radius 3 is 2.82 bits per heavy atom. The van der Waals surface area contributed by atoms with Crippen LogP contribution in [0.4, 0.5) is 0 Å². The van der Waals surface area contributed by atoms with Crippen LogP contribution in [0.2, 0.25) is 0 Å². The monoisotopic (exact) mass is 226 g/mol. The summed E-state index contributed by atoms with van der Waals surface area (Å²) in [6, 6.07) is 8.39. The molecule has 2 aromatic rings. The lowest BCUT2D eigenvalue weighted by molar-refractivity contribution is 0.420. The van der Waals surface area contributed by atoms with Gasteiger partial charge in [0.15, 0.2) is 0 Å². The van der Waals surface area contributed by atoms with Crippen LogP contribution >= 0.6 is 0 Å². The van der Waals surface area contributed by atoms with Crippen molar-refractivity contribution >= 4 is 0 Å². The Bertz CT molecular complexity index is 585. The van der Waals surface area contributed by atoms with Crippen LogP contribution in [-0.2, 0) is 0 Å². The van der Waals surface area contributed by atoms with E-state index in [2.05, 4.69) is 22.1 Å². The van der Waals surface area contributed by atoms with Gasteiger partial charge in [0, 0.05) is 0 Å². The molecule has 1 saturated carbocycles. The van der Waals surface area contributed by atoms with E-state index in [4.69, 9.17) is 0 Å². The minimum Gasteiger partial charge on any atom is -0.319 e. The Balaban J connectivity index is 2.00. The zero-order valence-corrected chi connectivity index (χ0v) is 9.52. The first-order chi connectivity index (χ1) is 8.33. The molecule has 86 valence electrons. The summed E-state index contributed by atoms with van der Waals surface area (Å²) in [4.78, 5) is 18.0. The maximum Gasteiger partial charge on any atom is 0.266 e. The number of H-pyrrole nitrogens is 1. The second kappa shape index (κ2) is 4.17. The Labute approximate surface area is 99.5 Å². The fraction of sp³-hybridized carbons (Fsp3) is 0.286. The van der Waals surface area contributed by atoms with Gasteiger partial charge in [0.05, 0.1) is 18.1 Å². The number of aromatic nitrogens is 2. The molecule has 1 aliphatic carbocycles. The Hall–Kier alpha value is -1.90. The van der Waals surface area contributed by atoms with E-state index in [9.17, 15) is 4.79 Å². The molecule has 3 heteroatoms. The van der Waals surface area contributed by atoms with Crippen LogP contribution in [0.25, 0.3) is 11.3 Å². The average molecular weight is 226 g/mol. The van der Waals surface area contributed by atoms with E-state index in [1.165, 1.54) is 31.0 Å². The van der Waals surface area contributed by atoms with E-state index >= 15 is 0 Å². The fourth-order valence-corrected chi connectivity index (χ4v) is 2.23. The van der Waals surface area contributed by atoms with Crippen LogP contribution in [0.1, 0.15) is 30.7 Å². The number of aromatic amines is 1. The zero-order chi connectivity index (χ0) is 11.7. The molecule has 1 aromatic heterocycles.